The summed E-state index contributed by atoms with van der Waals surface area (Å²) in [6.07, 6.45) is 0. The molecule has 0 N–H and O–H groups in total. The summed E-state index contributed by atoms with van der Waals surface area (Å²) in [6, 6.07) is 19.5. The molecular weight excluding hydrogens is 240 g/mol. The number of rotatable bonds is 4. The SMILES string of the molecule is CC(C)(Sc1ccccc1)C(=O)c1ccccc1. The van der Waals surface area contributed by atoms with Crippen LogP contribution in [0.1, 0.15) is 24.2 Å². The average Bonchev–Trinajstić information content (AvgIpc) is 2.39. The average molecular weight is 256 g/mol. The lowest BCUT2D eigenvalue weighted by Gasteiger charge is -2.22. The number of benzene rings is 2. The second kappa shape index (κ2) is 5.40. The summed E-state index contributed by atoms with van der Waals surface area (Å²) in [5.74, 6) is 0.164. The van der Waals surface area contributed by atoms with Gasteiger partial charge in [0.25, 0.3) is 0 Å². The molecule has 0 spiro atoms. The first kappa shape index (κ1) is 12.9. The molecular formula is C16H16OS. The van der Waals surface area contributed by atoms with Crippen molar-refractivity contribution in [3.05, 3.63) is 66.2 Å². The lowest BCUT2D eigenvalue weighted by atomic mass is 10.0. The van der Waals surface area contributed by atoms with Gasteiger partial charge in [-0.15, -0.1) is 11.8 Å². The maximum atomic E-state index is 12.4. The van der Waals surface area contributed by atoms with Crippen molar-refractivity contribution >= 4 is 17.5 Å². The van der Waals surface area contributed by atoms with Crippen molar-refractivity contribution in [1.82, 2.24) is 0 Å². The summed E-state index contributed by atoms with van der Waals surface area (Å²) < 4.78 is -0.456. The van der Waals surface area contributed by atoms with E-state index in [9.17, 15) is 4.79 Å². The molecule has 0 aliphatic rings. The van der Waals surface area contributed by atoms with E-state index in [4.69, 9.17) is 0 Å². The summed E-state index contributed by atoms with van der Waals surface area (Å²) in [5.41, 5.74) is 0.769. The van der Waals surface area contributed by atoms with Crippen LogP contribution in [0, 0.1) is 0 Å². The van der Waals surface area contributed by atoms with E-state index in [0.29, 0.717) is 0 Å². The van der Waals surface area contributed by atoms with Crippen LogP contribution in [0.4, 0.5) is 0 Å². The molecule has 0 bridgehead atoms. The Bertz CT molecular complexity index is 517. The van der Waals surface area contributed by atoms with Gasteiger partial charge in [-0.05, 0) is 26.0 Å². The Balaban J connectivity index is 2.19. The van der Waals surface area contributed by atoms with Gasteiger partial charge in [-0.25, -0.2) is 0 Å². The molecule has 92 valence electrons. The van der Waals surface area contributed by atoms with Crippen molar-refractivity contribution in [3.8, 4) is 0 Å². The smallest absolute Gasteiger partial charge is 0.178 e. The van der Waals surface area contributed by atoms with Gasteiger partial charge < -0.3 is 0 Å². The van der Waals surface area contributed by atoms with Crippen molar-refractivity contribution in [2.75, 3.05) is 0 Å². The van der Waals surface area contributed by atoms with Crippen LogP contribution in [0.25, 0.3) is 0 Å². The molecule has 0 saturated heterocycles. The van der Waals surface area contributed by atoms with Gasteiger partial charge in [-0.1, -0.05) is 48.5 Å². The standard InChI is InChI=1S/C16H16OS/c1-16(2,18-14-11-7-4-8-12-14)15(17)13-9-5-3-6-10-13/h3-12H,1-2H3. The molecule has 0 aromatic heterocycles. The molecule has 0 fully saturated rings. The third-order valence-electron chi connectivity index (χ3n) is 2.70. The summed E-state index contributed by atoms with van der Waals surface area (Å²) in [6.45, 7) is 3.94. The molecule has 0 radical (unpaired) electrons. The van der Waals surface area contributed by atoms with Crippen LogP contribution in [-0.4, -0.2) is 10.5 Å². The lowest BCUT2D eigenvalue weighted by Crippen LogP contribution is -2.27. The third-order valence-corrected chi connectivity index (χ3v) is 3.90. The molecule has 2 aromatic rings. The van der Waals surface area contributed by atoms with Gasteiger partial charge in [0, 0.05) is 10.5 Å². The predicted octanol–water partition coefficient (Wildman–Crippen LogP) is 4.44. The molecule has 2 heteroatoms. The van der Waals surface area contributed by atoms with Crippen LogP contribution in [0.2, 0.25) is 0 Å². The second-order valence-corrected chi connectivity index (χ2v) is 6.32. The molecule has 0 amide bonds. The van der Waals surface area contributed by atoms with Crippen LogP contribution in [0.3, 0.4) is 0 Å². The Labute approximate surface area is 112 Å². The van der Waals surface area contributed by atoms with Crippen LogP contribution < -0.4 is 0 Å². The van der Waals surface area contributed by atoms with Crippen LogP contribution in [0.5, 0.6) is 0 Å². The zero-order valence-corrected chi connectivity index (χ0v) is 11.4. The molecule has 0 unspecified atom stereocenters. The summed E-state index contributed by atoms with van der Waals surface area (Å²) >= 11 is 1.60. The molecule has 0 aliphatic carbocycles. The Kier molecular flexibility index (Phi) is 3.87. The highest BCUT2D eigenvalue weighted by atomic mass is 32.2. The monoisotopic (exact) mass is 256 g/mol. The first-order valence-electron chi connectivity index (χ1n) is 5.93. The Morgan fingerprint density at radius 1 is 0.889 bits per heavy atom. The van der Waals surface area contributed by atoms with E-state index in [0.717, 1.165) is 10.5 Å². The van der Waals surface area contributed by atoms with E-state index < -0.39 is 4.75 Å². The van der Waals surface area contributed by atoms with Crippen LogP contribution in [-0.2, 0) is 0 Å². The van der Waals surface area contributed by atoms with Gasteiger partial charge in [0.1, 0.15) is 0 Å². The minimum atomic E-state index is -0.456. The zero-order valence-electron chi connectivity index (χ0n) is 10.6. The van der Waals surface area contributed by atoms with E-state index in [1.807, 2.05) is 74.5 Å². The van der Waals surface area contributed by atoms with Gasteiger partial charge in [0.05, 0.1) is 4.75 Å². The maximum absolute atomic E-state index is 12.4. The van der Waals surface area contributed by atoms with Crippen molar-refractivity contribution in [2.45, 2.75) is 23.5 Å². The van der Waals surface area contributed by atoms with Crippen molar-refractivity contribution in [3.63, 3.8) is 0 Å². The molecule has 1 nitrogen and oxygen atoms in total. The number of hydrogen-bond donors (Lipinski definition) is 0. The summed E-state index contributed by atoms with van der Waals surface area (Å²) in [7, 11) is 0. The van der Waals surface area contributed by atoms with E-state index in [1.54, 1.807) is 11.8 Å². The number of ketones is 1. The van der Waals surface area contributed by atoms with Gasteiger partial charge >= 0.3 is 0 Å². The quantitative estimate of drug-likeness (QED) is 0.594. The molecule has 18 heavy (non-hydrogen) atoms. The normalized spacial score (nSPS) is 11.2. The number of hydrogen-bond acceptors (Lipinski definition) is 2. The van der Waals surface area contributed by atoms with Crippen molar-refractivity contribution in [2.24, 2.45) is 0 Å². The van der Waals surface area contributed by atoms with Crippen LogP contribution >= 0.6 is 11.8 Å². The van der Waals surface area contributed by atoms with Crippen molar-refractivity contribution in [1.29, 1.82) is 0 Å². The predicted molar refractivity (Wildman–Crippen MR) is 77.2 cm³/mol. The third kappa shape index (κ3) is 3.02. The fraction of sp³-hybridized carbons (Fsp3) is 0.188. The molecule has 2 rings (SSSR count). The lowest BCUT2D eigenvalue weighted by molar-refractivity contribution is 0.0958. The molecule has 2 aromatic carbocycles. The highest BCUT2D eigenvalue weighted by Gasteiger charge is 2.29. The van der Waals surface area contributed by atoms with Gasteiger partial charge in [0.2, 0.25) is 0 Å². The molecule has 0 heterocycles. The number of thioether (sulfide) groups is 1. The van der Waals surface area contributed by atoms with Crippen LogP contribution in [0.15, 0.2) is 65.6 Å². The van der Waals surface area contributed by atoms with E-state index in [-0.39, 0.29) is 5.78 Å². The molecule has 0 saturated carbocycles. The number of Topliss-reactive ketones (excluding diaryl/α,β-unsaturated/α-hetero) is 1. The van der Waals surface area contributed by atoms with Gasteiger partial charge in [-0.2, -0.15) is 0 Å². The minimum absolute atomic E-state index is 0.164. The first-order valence-corrected chi connectivity index (χ1v) is 6.75. The summed E-state index contributed by atoms with van der Waals surface area (Å²) in [4.78, 5) is 13.6. The largest absolute Gasteiger partial charge is 0.293 e. The Hall–Kier alpha value is -1.54. The minimum Gasteiger partial charge on any atom is -0.293 e. The molecule has 0 aliphatic heterocycles. The first-order chi connectivity index (χ1) is 8.59. The van der Waals surface area contributed by atoms with E-state index in [2.05, 4.69) is 0 Å². The Morgan fingerprint density at radius 3 is 1.94 bits per heavy atom. The van der Waals surface area contributed by atoms with Gasteiger partial charge in [0.15, 0.2) is 5.78 Å². The van der Waals surface area contributed by atoms with Crippen molar-refractivity contribution < 1.29 is 4.79 Å². The Morgan fingerprint density at radius 2 is 1.39 bits per heavy atom. The fourth-order valence-corrected chi connectivity index (χ4v) is 2.86. The second-order valence-electron chi connectivity index (χ2n) is 4.62. The fourth-order valence-electron chi connectivity index (χ4n) is 1.77. The van der Waals surface area contributed by atoms with Gasteiger partial charge in [-0.3, -0.25) is 4.79 Å². The highest BCUT2D eigenvalue weighted by molar-refractivity contribution is 8.01. The summed E-state index contributed by atoms with van der Waals surface area (Å²) in [5, 5.41) is 0. The maximum Gasteiger partial charge on any atom is 0.178 e. The molecule has 0 atom stereocenters. The topological polar surface area (TPSA) is 17.1 Å². The highest BCUT2D eigenvalue weighted by Crippen LogP contribution is 2.34. The zero-order chi connectivity index (χ0) is 13.0. The van der Waals surface area contributed by atoms with E-state index in [1.165, 1.54) is 0 Å². The number of carbonyl (C=O) groups is 1. The number of carbonyl (C=O) groups excluding carboxylic acids is 1. The van der Waals surface area contributed by atoms with E-state index >= 15 is 0 Å².